The van der Waals surface area contributed by atoms with Crippen LogP contribution in [-0.4, -0.2) is 11.7 Å². The molecule has 12 heavy (non-hydrogen) atoms. The second-order valence-corrected chi connectivity index (χ2v) is 2.95. The lowest BCUT2D eigenvalue weighted by molar-refractivity contribution is -0.704. The summed E-state index contributed by atoms with van der Waals surface area (Å²) in [4.78, 5) is 0. The topological polar surface area (TPSA) is 24.1 Å². The molecule has 0 fully saturated rings. The zero-order valence-electron chi connectivity index (χ0n) is 7.75. The highest BCUT2D eigenvalue weighted by atomic mass is 16.3. The molecular formula is C10H16NO+. The maximum Gasteiger partial charge on any atom is 0.178 e. The molecule has 0 atom stereocenters. The van der Waals surface area contributed by atoms with Gasteiger partial charge in [0, 0.05) is 18.6 Å². The second kappa shape index (κ2) is 4.21. The van der Waals surface area contributed by atoms with Crippen LogP contribution in [0.3, 0.4) is 0 Å². The Labute approximate surface area is 73.5 Å². The monoisotopic (exact) mass is 166 g/mol. The molecule has 0 bridgehead atoms. The molecule has 0 aliphatic rings. The van der Waals surface area contributed by atoms with E-state index in [2.05, 4.69) is 36.7 Å². The van der Waals surface area contributed by atoms with Gasteiger partial charge >= 0.3 is 0 Å². The third-order valence-corrected chi connectivity index (χ3v) is 2.06. The summed E-state index contributed by atoms with van der Waals surface area (Å²) >= 11 is 0. The number of hydrogen-bond donors (Lipinski definition) is 1. The number of aryl methyl sites for hydroxylation is 2. The van der Waals surface area contributed by atoms with Crippen LogP contribution in [0, 0.1) is 6.92 Å². The number of aliphatic hydroxyl groups is 1. The van der Waals surface area contributed by atoms with Crippen LogP contribution in [0.5, 0.6) is 0 Å². The van der Waals surface area contributed by atoms with Crippen molar-refractivity contribution < 1.29 is 9.67 Å². The van der Waals surface area contributed by atoms with E-state index in [1.165, 1.54) is 11.3 Å². The van der Waals surface area contributed by atoms with Gasteiger partial charge in [-0.1, -0.05) is 6.92 Å². The van der Waals surface area contributed by atoms with E-state index in [0.29, 0.717) is 6.54 Å². The number of hydrogen-bond acceptors (Lipinski definition) is 1. The molecule has 0 amide bonds. The normalized spacial score (nSPS) is 10.2. The second-order valence-electron chi connectivity index (χ2n) is 2.95. The van der Waals surface area contributed by atoms with Crippen LogP contribution in [-0.2, 0) is 13.0 Å². The molecule has 1 aromatic rings. The van der Waals surface area contributed by atoms with Crippen molar-refractivity contribution >= 4 is 0 Å². The molecular weight excluding hydrogens is 150 g/mol. The molecule has 66 valence electrons. The molecule has 2 heteroatoms. The van der Waals surface area contributed by atoms with Crippen molar-refractivity contribution in [3.05, 3.63) is 29.6 Å². The predicted molar refractivity (Wildman–Crippen MR) is 47.8 cm³/mol. The standard InChI is InChI=1S/C10H16NO/c1-3-10-5-4-9(2)11(8-10)6-7-12/h4-5,8,12H,3,6-7H2,1-2H3/q+1. The molecule has 0 aromatic carbocycles. The van der Waals surface area contributed by atoms with Crippen LogP contribution in [0.2, 0.25) is 0 Å². The third-order valence-electron chi connectivity index (χ3n) is 2.06. The molecule has 0 aliphatic heterocycles. The fourth-order valence-corrected chi connectivity index (χ4v) is 1.23. The van der Waals surface area contributed by atoms with E-state index in [0.717, 1.165) is 6.42 Å². The molecule has 0 saturated carbocycles. The van der Waals surface area contributed by atoms with Crippen LogP contribution in [0.4, 0.5) is 0 Å². The van der Waals surface area contributed by atoms with E-state index in [1.54, 1.807) is 0 Å². The maximum atomic E-state index is 8.79. The zero-order chi connectivity index (χ0) is 8.97. The smallest absolute Gasteiger partial charge is 0.178 e. The molecule has 0 radical (unpaired) electrons. The minimum Gasteiger partial charge on any atom is -0.390 e. The largest absolute Gasteiger partial charge is 0.390 e. The lowest BCUT2D eigenvalue weighted by atomic mass is 10.2. The van der Waals surface area contributed by atoms with E-state index in [1.807, 2.05) is 0 Å². The first-order valence-electron chi connectivity index (χ1n) is 4.37. The van der Waals surface area contributed by atoms with Gasteiger partial charge in [-0.25, -0.2) is 4.57 Å². The van der Waals surface area contributed by atoms with Crippen molar-refractivity contribution in [1.29, 1.82) is 0 Å². The number of aliphatic hydroxyl groups excluding tert-OH is 1. The summed E-state index contributed by atoms with van der Waals surface area (Å²) in [6.45, 7) is 5.08. The first-order chi connectivity index (χ1) is 5.77. The average Bonchev–Trinajstić information content (AvgIpc) is 2.09. The van der Waals surface area contributed by atoms with Crippen molar-refractivity contribution in [2.45, 2.75) is 26.8 Å². The van der Waals surface area contributed by atoms with E-state index in [9.17, 15) is 0 Å². The fourth-order valence-electron chi connectivity index (χ4n) is 1.23. The summed E-state index contributed by atoms with van der Waals surface area (Å²) in [7, 11) is 0. The Kier molecular flexibility index (Phi) is 3.23. The number of aromatic nitrogens is 1. The molecule has 1 aromatic heterocycles. The Morgan fingerprint density at radius 3 is 2.75 bits per heavy atom. The van der Waals surface area contributed by atoms with Crippen LogP contribution < -0.4 is 4.57 Å². The minimum atomic E-state index is 0.207. The predicted octanol–water partition coefficient (Wildman–Crippen LogP) is 0.837. The summed E-state index contributed by atoms with van der Waals surface area (Å²) in [6.07, 6.45) is 3.15. The lowest BCUT2D eigenvalue weighted by Crippen LogP contribution is -2.38. The molecule has 0 unspecified atom stereocenters. The Morgan fingerprint density at radius 2 is 2.17 bits per heavy atom. The Balaban J connectivity index is 2.91. The molecule has 0 aliphatic carbocycles. The van der Waals surface area contributed by atoms with Crippen molar-refractivity contribution in [2.24, 2.45) is 0 Å². The SMILES string of the molecule is CCc1ccc(C)[n+](CCO)c1. The number of nitrogens with zero attached hydrogens (tertiary/aromatic N) is 1. The summed E-state index contributed by atoms with van der Waals surface area (Å²) in [5.74, 6) is 0. The quantitative estimate of drug-likeness (QED) is 0.661. The van der Waals surface area contributed by atoms with Gasteiger partial charge in [0.05, 0.1) is 0 Å². The Bertz CT molecular complexity index is 258. The van der Waals surface area contributed by atoms with Gasteiger partial charge in [-0.05, 0) is 12.5 Å². The Hall–Kier alpha value is -0.890. The van der Waals surface area contributed by atoms with Crippen molar-refractivity contribution in [2.75, 3.05) is 6.61 Å². The van der Waals surface area contributed by atoms with Gasteiger partial charge in [-0.15, -0.1) is 0 Å². The van der Waals surface area contributed by atoms with Crippen molar-refractivity contribution in [3.63, 3.8) is 0 Å². The van der Waals surface area contributed by atoms with E-state index < -0.39 is 0 Å². The molecule has 1 heterocycles. The fraction of sp³-hybridized carbons (Fsp3) is 0.500. The Morgan fingerprint density at radius 1 is 1.42 bits per heavy atom. The molecule has 2 nitrogen and oxygen atoms in total. The first kappa shape index (κ1) is 9.20. The van der Waals surface area contributed by atoms with Gasteiger partial charge in [-0.2, -0.15) is 0 Å². The molecule has 1 rings (SSSR count). The van der Waals surface area contributed by atoms with E-state index in [-0.39, 0.29) is 6.61 Å². The minimum absolute atomic E-state index is 0.207. The van der Waals surface area contributed by atoms with Crippen molar-refractivity contribution in [3.8, 4) is 0 Å². The van der Waals surface area contributed by atoms with Gasteiger partial charge in [0.1, 0.15) is 6.61 Å². The molecule has 0 spiro atoms. The van der Waals surface area contributed by atoms with Gasteiger partial charge < -0.3 is 5.11 Å². The van der Waals surface area contributed by atoms with Gasteiger partial charge in [0.2, 0.25) is 0 Å². The summed E-state index contributed by atoms with van der Waals surface area (Å²) in [5.41, 5.74) is 2.51. The molecule has 1 N–H and O–H groups in total. The van der Waals surface area contributed by atoms with E-state index >= 15 is 0 Å². The average molecular weight is 166 g/mol. The highest BCUT2D eigenvalue weighted by Gasteiger charge is 2.05. The summed E-state index contributed by atoms with van der Waals surface area (Å²) < 4.78 is 2.08. The maximum absolute atomic E-state index is 8.79. The van der Waals surface area contributed by atoms with Gasteiger partial charge in [0.15, 0.2) is 18.4 Å². The van der Waals surface area contributed by atoms with Gasteiger partial charge in [0.25, 0.3) is 0 Å². The van der Waals surface area contributed by atoms with Gasteiger partial charge in [-0.3, -0.25) is 0 Å². The van der Waals surface area contributed by atoms with E-state index in [4.69, 9.17) is 5.11 Å². The molecule has 0 saturated heterocycles. The van der Waals surface area contributed by atoms with Crippen LogP contribution in [0.15, 0.2) is 18.3 Å². The zero-order valence-corrected chi connectivity index (χ0v) is 7.75. The highest BCUT2D eigenvalue weighted by Crippen LogP contribution is 1.97. The summed E-state index contributed by atoms with van der Waals surface area (Å²) in [6, 6.07) is 4.22. The highest BCUT2D eigenvalue weighted by molar-refractivity contribution is 5.08. The lowest BCUT2D eigenvalue weighted by Gasteiger charge is -2.00. The van der Waals surface area contributed by atoms with Crippen molar-refractivity contribution in [1.82, 2.24) is 0 Å². The first-order valence-corrected chi connectivity index (χ1v) is 4.37. The number of pyridine rings is 1. The third kappa shape index (κ3) is 2.05. The van der Waals surface area contributed by atoms with Crippen LogP contribution in [0.1, 0.15) is 18.2 Å². The number of rotatable bonds is 3. The summed E-state index contributed by atoms with van der Waals surface area (Å²) in [5, 5.41) is 8.79. The van der Waals surface area contributed by atoms with Crippen LogP contribution in [0.25, 0.3) is 0 Å². The van der Waals surface area contributed by atoms with Crippen LogP contribution >= 0.6 is 0 Å².